The molecular weight excluding hydrogens is 601 g/mol. The molecule has 0 aromatic heterocycles. The number of benzene rings is 4. The van der Waals surface area contributed by atoms with Gasteiger partial charge in [0.2, 0.25) is 5.91 Å². The van der Waals surface area contributed by atoms with E-state index in [1.54, 1.807) is 97.9 Å². The molecule has 1 atom stereocenters. The zero-order valence-corrected chi connectivity index (χ0v) is 24.7. The van der Waals surface area contributed by atoms with Gasteiger partial charge in [-0.3, -0.25) is 14.4 Å². The van der Waals surface area contributed by atoms with E-state index in [1.165, 1.54) is 17.8 Å². The maximum absolute atomic E-state index is 13.4. The van der Waals surface area contributed by atoms with Crippen LogP contribution < -0.4 is 16.0 Å². The van der Waals surface area contributed by atoms with Crippen LogP contribution in [0.5, 0.6) is 0 Å². The summed E-state index contributed by atoms with van der Waals surface area (Å²) in [5.74, 6) is -1.20. The van der Waals surface area contributed by atoms with E-state index >= 15 is 0 Å². The van der Waals surface area contributed by atoms with Gasteiger partial charge in [0.1, 0.15) is 5.70 Å². The lowest BCUT2D eigenvalue weighted by molar-refractivity contribution is -0.115. The Morgan fingerprint density at radius 3 is 2.17 bits per heavy atom. The van der Waals surface area contributed by atoms with Crippen molar-refractivity contribution in [3.8, 4) is 0 Å². The normalized spacial score (nSPS) is 11.9. The smallest absolute Gasteiger partial charge is 0.272 e. The average Bonchev–Trinajstić information content (AvgIpc) is 2.95. The Kier molecular flexibility index (Phi) is 10.5. The maximum atomic E-state index is 13.4. The van der Waals surface area contributed by atoms with Crippen molar-refractivity contribution >= 4 is 81.7 Å². The number of nitrogens with one attached hydrogen (secondary N) is 3. The largest absolute Gasteiger partial charge is 0.325 e. The Balaban J connectivity index is 1.50. The molecule has 1 unspecified atom stereocenters. The lowest BCUT2D eigenvalue weighted by atomic mass is 10.1. The number of thioether (sulfide) groups is 1. The first kappa shape index (κ1) is 30.2. The molecule has 0 bridgehead atoms. The van der Waals surface area contributed by atoms with Gasteiger partial charge in [-0.2, -0.15) is 0 Å². The number of hydrogen-bond acceptors (Lipinski definition) is 4. The Morgan fingerprint density at radius 1 is 0.756 bits per heavy atom. The van der Waals surface area contributed by atoms with Crippen LogP contribution in [0.25, 0.3) is 6.08 Å². The summed E-state index contributed by atoms with van der Waals surface area (Å²) in [4.78, 5) is 39.7. The second kappa shape index (κ2) is 14.2. The molecule has 3 amide bonds. The molecule has 0 aliphatic rings. The number of rotatable bonds is 9. The molecule has 4 rings (SSSR count). The summed E-state index contributed by atoms with van der Waals surface area (Å²) in [6.07, 6.45) is 1.48. The van der Waals surface area contributed by atoms with Crippen molar-refractivity contribution in [2.24, 2.45) is 0 Å². The van der Waals surface area contributed by atoms with Gasteiger partial charge in [-0.1, -0.05) is 65.1 Å². The van der Waals surface area contributed by atoms with E-state index in [2.05, 4.69) is 16.0 Å². The molecule has 0 fully saturated rings. The zero-order valence-electron chi connectivity index (χ0n) is 21.7. The van der Waals surface area contributed by atoms with Crippen molar-refractivity contribution in [3.63, 3.8) is 0 Å². The highest BCUT2D eigenvalue weighted by atomic mass is 35.5. The number of amides is 3. The van der Waals surface area contributed by atoms with E-state index in [0.717, 1.165) is 4.90 Å². The van der Waals surface area contributed by atoms with Crippen molar-refractivity contribution in [1.29, 1.82) is 0 Å². The first-order valence-electron chi connectivity index (χ1n) is 12.4. The molecule has 208 valence electrons. The fourth-order valence-electron chi connectivity index (χ4n) is 3.60. The molecule has 0 aliphatic heterocycles. The number of halogens is 3. The van der Waals surface area contributed by atoms with Crippen LogP contribution in [0.2, 0.25) is 15.1 Å². The third-order valence-corrected chi connectivity index (χ3v) is 7.59. The summed E-state index contributed by atoms with van der Waals surface area (Å²) in [6.45, 7) is 1.79. The second-order valence-electron chi connectivity index (χ2n) is 8.78. The lowest BCUT2D eigenvalue weighted by Gasteiger charge is -2.14. The number of anilines is 2. The van der Waals surface area contributed by atoms with Gasteiger partial charge in [0.25, 0.3) is 11.8 Å². The van der Waals surface area contributed by atoms with E-state index in [0.29, 0.717) is 37.6 Å². The minimum Gasteiger partial charge on any atom is -0.325 e. The van der Waals surface area contributed by atoms with Crippen LogP contribution in [-0.2, 0) is 9.59 Å². The van der Waals surface area contributed by atoms with Crippen LogP contribution in [-0.4, -0.2) is 23.0 Å². The molecule has 0 radical (unpaired) electrons. The SMILES string of the molecule is CC(Sc1cccc(NC(=O)/C(=C\c2ccc(Cl)cc2Cl)NC(=O)c2ccccc2)c1)C(=O)Nc1ccc(Cl)cc1. The van der Waals surface area contributed by atoms with Crippen LogP contribution >= 0.6 is 46.6 Å². The van der Waals surface area contributed by atoms with Gasteiger partial charge in [0, 0.05) is 36.9 Å². The summed E-state index contributed by atoms with van der Waals surface area (Å²) in [7, 11) is 0. The van der Waals surface area contributed by atoms with Gasteiger partial charge < -0.3 is 16.0 Å². The highest BCUT2D eigenvalue weighted by Crippen LogP contribution is 2.28. The van der Waals surface area contributed by atoms with Gasteiger partial charge in [0.15, 0.2) is 0 Å². The summed E-state index contributed by atoms with van der Waals surface area (Å²) < 4.78 is 0. The quantitative estimate of drug-likeness (QED) is 0.129. The predicted molar refractivity (Wildman–Crippen MR) is 169 cm³/mol. The minimum atomic E-state index is -0.559. The van der Waals surface area contributed by atoms with Crippen molar-refractivity contribution in [2.45, 2.75) is 17.1 Å². The van der Waals surface area contributed by atoms with Crippen LogP contribution in [0.1, 0.15) is 22.8 Å². The van der Waals surface area contributed by atoms with Crippen LogP contribution in [0.3, 0.4) is 0 Å². The average molecular weight is 625 g/mol. The molecule has 4 aromatic rings. The van der Waals surface area contributed by atoms with E-state index in [1.807, 2.05) is 6.07 Å². The van der Waals surface area contributed by atoms with Crippen molar-refractivity contribution in [2.75, 3.05) is 10.6 Å². The summed E-state index contributed by atoms with van der Waals surface area (Å²) >= 11 is 19.6. The Bertz CT molecular complexity index is 1600. The monoisotopic (exact) mass is 623 g/mol. The lowest BCUT2D eigenvalue weighted by Crippen LogP contribution is -2.30. The van der Waals surface area contributed by atoms with Crippen molar-refractivity contribution in [1.82, 2.24) is 5.32 Å². The fourth-order valence-corrected chi connectivity index (χ4v) is 5.11. The Hall–Kier alpha value is -3.75. The van der Waals surface area contributed by atoms with Gasteiger partial charge in [0.05, 0.1) is 5.25 Å². The van der Waals surface area contributed by atoms with E-state index < -0.39 is 17.1 Å². The van der Waals surface area contributed by atoms with Crippen LogP contribution in [0.4, 0.5) is 11.4 Å². The summed E-state index contributed by atoms with van der Waals surface area (Å²) in [6, 6.07) is 27.3. The summed E-state index contributed by atoms with van der Waals surface area (Å²) in [5, 5.41) is 9.28. The Morgan fingerprint density at radius 2 is 1.46 bits per heavy atom. The van der Waals surface area contributed by atoms with E-state index in [4.69, 9.17) is 34.8 Å². The molecule has 0 saturated carbocycles. The third kappa shape index (κ3) is 8.87. The van der Waals surface area contributed by atoms with E-state index in [-0.39, 0.29) is 11.6 Å². The molecule has 10 heteroatoms. The molecule has 0 aliphatic carbocycles. The van der Waals surface area contributed by atoms with Crippen LogP contribution in [0.15, 0.2) is 108 Å². The van der Waals surface area contributed by atoms with Gasteiger partial charge >= 0.3 is 0 Å². The van der Waals surface area contributed by atoms with Crippen LogP contribution in [0, 0.1) is 0 Å². The molecule has 0 heterocycles. The highest BCUT2D eigenvalue weighted by Gasteiger charge is 2.18. The number of carbonyl (C=O) groups is 3. The maximum Gasteiger partial charge on any atom is 0.272 e. The molecular formula is C31H24Cl3N3O3S. The van der Waals surface area contributed by atoms with Gasteiger partial charge in [-0.15, -0.1) is 11.8 Å². The first-order valence-corrected chi connectivity index (χ1v) is 14.4. The first-order chi connectivity index (χ1) is 19.7. The number of carbonyl (C=O) groups excluding carboxylic acids is 3. The topological polar surface area (TPSA) is 87.3 Å². The standard InChI is InChI=1S/C31H24Cl3N3O3S/c1-19(29(38)35-24-14-12-22(32)13-15-24)41-26-9-5-8-25(18-26)36-31(40)28(16-21-10-11-23(33)17-27(21)34)37-30(39)20-6-3-2-4-7-20/h2-19H,1H3,(H,35,38)(H,36,40)(H,37,39)/b28-16+. The Labute approximate surface area is 257 Å². The second-order valence-corrected chi connectivity index (χ2v) is 11.5. The summed E-state index contributed by atoms with van der Waals surface area (Å²) in [5.41, 5.74) is 1.99. The molecule has 0 saturated heterocycles. The fraction of sp³-hybridized carbons (Fsp3) is 0.0645. The zero-order chi connectivity index (χ0) is 29.4. The van der Waals surface area contributed by atoms with Crippen molar-refractivity contribution < 1.29 is 14.4 Å². The third-order valence-electron chi connectivity index (χ3n) is 5.68. The van der Waals surface area contributed by atoms with Gasteiger partial charge in [-0.05, 0) is 85.3 Å². The van der Waals surface area contributed by atoms with E-state index in [9.17, 15) is 14.4 Å². The highest BCUT2D eigenvalue weighted by molar-refractivity contribution is 8.00. The number of hydrogen-bond donors (Lipinski definition) is 3. The molecule has 41 heavy (non-hydrogen) atoms. The predicted octanol–water partition coefficient (Wildman–Crippen LogP) is 8.18. The molecule has 0 spiro atoms. The van der Waals surface area contributed by atoms with Gasteiger partial charge in [-0.25, -0.2) is 0 Å². The molecule has 4 aromatic carbocycles. The van der Waals surface area contributed by atoms with Crippen molar-refractivity contribution in [3.05, 3.63) is 129 Å². The molecule has 6 nitrogen and oxygen atoms in total. The minimum absolute atomic E-state index is 0.0168. The molecule has 3 N–H and O–H groups in total.